The van der Waals surface area contributed by atoms with Crippen molar-refractivity contribution in [2.24, 2.45) is 10.9 Å². The van der Waals surface area contributed by atoms with Gasteiger partial charge in [0, 0.05) is 44.8 Å². The molecule has 1 unspecified atom stereocenters. The average Bonchev–Trinajstić information content (AvgIpc) is 3.14. The number of rotatable bonds is 10. The molecule has 0 aromatic heterocycles. The second-order valence-corrected chi connectivity index (χ2v) is 7.29. The Kier molecular flexibility index (Phi) is 9.42. The van der Waals surface area contributed by atoms with Crippen LogP contribution in [0.5, 0.6) is 5.75 Å². The van der Waals surface area contributed by atoms with Crippen LogP contribution in [0.3, 0.4) is 0 Å². The Morgan fingerprint density at radius 1 is 1.33 bits per heavy atom. The minimum absolute atomic E-state index is 0.152. The van der Waals surface area contributed by atoms with Crippen molar-refractivity contribution in [3.8, 4) is 5.75 Å². The van der Waals surface area contributed by atoms with E-state index >= 15 is 0 Å². The number of aryl methyl sites for hydroxylation is 1. The minimum atomic E-state index is 0.152. The molecule has 152 valence electrons. The van der Waals surface area contributed by atoms with E-state index in [1.165, 1.54) is 5.56 Å². The van der Waals surface area contributed by atoms with Crippen LogP contribution < -0.4 is 15.4 Å². The molecule has 1 heterocycles. The van der Waals surface area contributed by atoms with Crippen LogP contribution in [-0.4, -0.2) is 52.1 Å². The zero-order chi connectivity index (χ0) is 19.5. The first-order valence-electron chi connectivity index (χ1n) is 9.94. The zero-order valence-corrected chi connectivity index (χ0v) is 17.2. The molecule has 1 aliphatic rings. The van der Waals surface area contributed by atoms with E-state index in [0.29, 0.717) is 12.5 Å². The summed E-state index contributed by atoms with van der Waals surface area (Å²) >= 11 is 0. The Balaban J connectivity index is 1.67. The molecule has 1 saturated heterocycles. The fourth-order valence-corrected chi connectivity index (χ4v) is 2.92. The molecule has 1 atom stereocenters. The van der Waals surface area contributed by atoms with Gasteiger partial charge < -0.3 is 24.8 Å². The molecule has 0 radical (unpaired) electrons. The lowest BCUT2D eigenvalue weighted by atomic mass is 10.1. The first kappa shape index (κ1) is 21.5. The Morgan fingerprint density at radius 3 is 2.89 bits per heavy atom. The van der Waals surface area contributed by atoms with Gasteiger partial charge in [-0.25, -0.2) is 0 Å². The van der Waals surface area contributed by atoms with E-state index in [-0.39, 0.29) is 6.10 Å². The summed E-state index contributed by atoms with van der Waals surface area (Å²) in [7, 11) is 1.78. The molecule has 1 aromatic carbocycles. The highest BCUT2D eigenvalue weighted by Gasteiger charge is 2.15. The normalized spacial score (nSPS) is 17.4. The monoisotopic (exact) mass is 377 g/mol. The molecule has 2 rings (SSSR count). The van der Waals surface area contributed by atoms with Crippen LogP contribution in [0, 0.1) is 12.8 Å². The van der Waals surface area contributed by atoms with Crippen LogP contribution in [0.1, 0.15) is 37.8 Å². The predicted molar refractivity (Wildman–Crippen MR) is 110 cm³/mol. The molecular weight excluding hydrogens is 342 g/mol. The Labute approximate surface area is 163 Å². The fourth-order valence-electron chi connectivity index (χ4n) is 2.92. The van der Waals surface area contributed by atoms with E-state index in [1.54, 1.807) is 7.05 Å². The van der Waals surface area contributed by atoms with Crippen LogP contribution in [0.2, 0.25) is 0 Å². The van der Waals surface area contributed by atoms with E-state index in [2.05, 4.69) is 40.7 Å². The average molecular weight is 378 g/mol. The molecule has 1 aromatic rings. The molecule has 0 bridgehead atoms. The molecule has 6 heteroatoms. The highest BCUT2D eigenvalue weighted by atomic mass is 16.5. The van der Waals surface area contributed by atoms with E-state index in [4.69, 9.17) is 14.2 Å². The number of guanidine groups is 1. The number of ether oxygens (including phenoxy) is 3. The van der Waals surface area contributed by atoms with Crippen LogP contribution in [-0.2, 0) is 16.0 Å². The molecule has 1 fully saturated rings. The predicted octanol–water partition coefficient (Wildman–Crippen LogP) is 2.89. The fraction of sp³-hybridized carbons (Fsp3) is 0.667. The van der Waals surface area contributed by atoms with Gasteiger partial charge in [0.2, 0.25) is 0 Å². The van der Waals surface area contributed by atoms with Gasteiger partial charge in [0.15, 0.2) is 5.96 Å². The summed E-state index contributed by atoms with van der Waals surface area (Å²) in [5.41, 5.74) is 2.32. The van der Waals surface area contributed by atoms with Gasteiger partial charge in [0.1, 0.15) is 5.75 Å². The maximum Gasteiger partial charge on any atom is 0.191 e. The van der Waals surface area contributed by atoms with Crippen LogP contribution in [0.4, 0.5) is 0 Å². The molecular formula is C21H35N3O3. The smallest absolute Gasteiger partial charge is 0.191 e. The second kappa shape index (κ2) is 11.8. The zero-order valence-electron chi connectivity index (χ0n) is 17.2. The molecule has 0 amide bonds. The van der Waals surface area contributed by atoms with Crippen molar-refractivity contribution in [3.63, 3.8) is 0 Å². The lowest BCUT2D eigenvalue weighted by Crippen LogP contribution is -2.37. The van der Waals surface area contributed by atoms with E-state index in [1.807, 2.05) is 13.8 Å². The first-order chi connectivity index (χ1) is 13.1. The van der Waals surface area contributed by atoms with Gasteiger partial charge in [-0.15, -0.1) is 0 Å². The summed E-state index contributed by atoms with van der Waals surface area (Å²) in [6.45, 7) is 10.9. The van der Waals surface area contributed by atoms with Gasteiger partial charge in [0.25, 0.3) is 0 Å². The van der Waals surface area contributed by atoms with Crippen molar-refractivity contribution in [3.05, 3.63) is 29.3 Å². The van der Waals surface area contributed by atoms with Crippen molar-refractivity contribution in [1.29, 1.82) is 0 Å². The number of aliphatic imine (C=N–C) groups is 1. The topological polar surface area (TPSA) is 64.1 Å². The van der Waals surface area contributed by atoms with Crippen molar-refractivity contribution in [1.82, 2.24) is 10.6 Å². The van der Waals surface area contributed by atoms with E-state index < -0.39 is 0 Å². The number of nitrogens with one attached hydrogen (secondary N) is 2. The largest absolute Gasteiger partial charge is 0.491 e. The third-order valence-electron chi connectivity index (χ3n) is 4.39. The summed E-state index contributed by atoms with van der Waals surface area (Å²) < 4.78 is 17.0. The molecule has 0 saturated carbocycles. The maximum atomic E-state index is 5.93. The number of benzene rings is 1. The third-order valence-corrected chi connectivity index (χ3v) is 4.39. The Bertz CT molecular complexity index is 584. The number of hydrogen-bond donors (Lipinski definition) is 2. The van der Waals surface area contributed by atoms with Gasteiger partial charge in [-0.3, -0.25) is 4.99 Å². The van der Waals surface area contributed by atoms with Gasteiger partial charge in [0.05, 0.1) is 19.3 Å². The molecule has 27 heavy (non-hydrogen) atoms. The van der Waals surface area contributed by atoms with Crippen molar-refractivity contribution in [2.75, 3.05) is 40.0 Å². The molecule has 6 nitrogen and oxygen atoms in total. The SMILES string of the molecule is CN=C(NCCCOCC1CCOC1)NCc1ccc(C)cc1OC(C)C. The highest BCUT2D eigenvalue weighted by molar-refractivity contribution is 5.79. The van der Waals surface area contributed by atoms with Gasteiger partial charge >= 0.3 is 0 Å². The van der Waals surface area contributed by atoms with Crippen LogP contribution in [0.15, 0.2) is 23.2 Å². The van der Waals surface area contributed by atoms with E-state index in [0.717, 1.165) is 63.1 Å². The standard InChI is InChI=1S/C21H35N3O3/c1-16(2)27-20-12-17(3)6-7-19(20)13-24-21(22-4)23-9-5-10-25-14-18-8-11-26-15-18/h6-7,12,16,18H,5,8-11,13-15H2,1-4H3,(H2,22,23,24). The quantitative estimate of drug-likeness (QED) is 0.373. The lowest BCUT2D eigenvalue weighted by Gasteiger charge is -2.17. The second-order valence-electron chi connectivity index (χ2n) is 7.29. The summed E-state index contributed by atoms with van der Waals surface area (Å²) in [6.07, 6.45) is 2.22. The summed E-state index contributed by atoms with van der Waals surface area (Å²) in [6, 6.07) is 6.29. The summed E-state index contributed by atoms with van der Waals surface area (Å²) in [5, 5.41) is 6.69. The van der Waals surface area contributed by atoms with Crippen molar-refractivity contribution < 1.29 is 14.2 Å². The first-order valence-corrected chi connectivity index (χ1v) is 9.94. The van der Waals surface area contributed by atoms with Gasteiger partial charge in [-0.05, 0) is 45.2 Å². The molecule has 0 aliphatic carbocycles. The highest BCUT2D eigenvalue weighted by Crippen LogP contribution is 2.21. The van der Waals surface area contributed by atoms with E-state index in [9.17, 15) is 0 Å². The van der Waals surface area contributed by atoms with Crippen molar-refractivity contribution >= 4 is 5.96 Å². The molecule has 2 N–H and O–H groups in total. The molecule has 1 aliphatic heterocycles. The number of hydrogen-bond acceptors (Lipinski definition) is 4. The van der Waals surface area contributed by atoms with Crippen LogP contribution in [0.25, 0.3) is 0 Å². The summed E-state index contributed by atoms with van der Waals surface area (Å²) in [5.74, 6) is 2.29. The van der Waals surface area contributed by atoms with Gasteiger partial charge in [-0.1, -0.05) is 12.1 Å². The lowest BCUT2D eigenvalue weighted by molar-refractivity contribution is 0.0888. The Morgan fingerprint density at radius 2 is 2.19 bits per heavy atom. The van der Waals surface area contributed by atoms with Gasteiger partial charge in [-0.2, -0.15) is 0 Å². The maximum absolute atomic E-state index is 5.93. The van der Waals surface area contributed by atoms with Crippen molar-refractivity contribution in [2.45, 2.75) is 46.3 Å². The third kappa shape index (κ3) is 8.18. The number of nitrogens with zero attached hydrogens (tertiary/aromatic N) is 1. The minimum Gasteiger partial charge on any atom is -0.491 e. The van der Waals surface area contributed by atoms with Crippen LogP contribution >= 0.6 is 0 Å². The Hall–Kier alpha value is -1.79. The molecule has 0 spiro atoms. The summed E-state index contributed by atoms with van der Waals surface area (Å²) in [4.78, 5) is 4.29.